The van der Waals surface area contributed by atoms with Crippen LogP contribution in [-0.4, -0.2) is 41.1 Å². The average Bonchev–Trinajstić information content (AvgIpc) is 3.19. The molecule has 0 spiro atoms. The number of ether oxygens (including phenoxy) is 1. The summed E-state index contributed by atoms with van der Waals surface area (Å²) in [7, 11) is 0. The van der Waals surface area contributed by atoms with E-state index in [4.69, 9.17) is 16.3 Å². The van der Waals surface area contributed by atoms with E-state index in [1.165, 1.54) is 12.8 Å². The molecule has 0 bridgehead atoms. The van der Waals surface area contributed by atoms with Gasteiger partial charge in [0.2, 0.25) is 0 Å². The molecule has 0 aliphatic carbocycles. The smallest absolute Gasteiger partial charge is 0.264 e. The summed E-state index contributed by atoms with van der Waals surface area (Å²) in [6.07, 6.45) is 7.47. The van der Waals surface area contributed by atoms with E-state index in [1.54, 1.807) is 12.1 Å². The zero-order chi connectivity index (χ0) is 24.0. The van der Waals surface area contributed by atoms with Gasteiger partial charge in [-0.25, -0.2) is 9.97 Å². The van der Waals surface area contributed by atoms with Gasteiger partial charge in [0.1, 0.15) is 27.5 Å². The van der Waals surface area contributed by atoms with Gasteiger partial charge in [-0.05, 0) is 88.8 Å². The van der Waals surface area contributed by atoms with E-state index in [9.17, 15) is 4.79 Å². The number of nitrogens with one attached hydrogen (secondary N) is 3. The quantitative estimate of drug-likeness (QED) is 0.244. The molecule has 1 amide bonds. The molecule has 1 unspecified atom stereocenters. The fraction of sp³-hybridized carbons (Fsp3) is 0.480. The normalized spacial score (nSPS) is 19.3. The highest BCUT2D eigenvalue weighted by atomic mass is 35.5. The lowest BCUT2D eigenvalue weighted by molar-refractivity contribution is 0.0984. The van der Waals surface area contributed by atoms with Crippen molar-refractivity contribution in [3.63, 3.8) is 0 Å². The molecule has 2 aromatic heterocycles. The van der Waals surface area contributed by atoms with E-state index in [0.717, 1.165) is 56.0 Å². The summed E-state index contributed by atoms with van der Waals surface area (Å²) in [6, 6.07) is 9.15. The fourth-order valence-electron chi connectivity index (χ4n) is 4.30. The number of anilines is 1. The first kappa shape index (κ1) is 24.8. The number of pyridine rings is 2. The predicted molar refractivity (Wildman–Crippen MR) is 138 cm³/mol. The van der Waals surface area contributed by atoms with Crippen LogP contribution in [0.5, 0.6) is 0 Å². The maximum Gasteiger partial charge on any atom is 0.264 e. The van der Waals surface area contributed by atoms with Gasteiger partial charge in [0.05, 0.1) is 12.2 Å². The lowest BCUT2D eigenvalue weighted by atomic mass is 9.94. The van der Waals surface area contributed by atoms with Crippen molar-refractivity contribution in [1.29, 1.82) is 0 Å². The Morgan fingerprint density at radius 1 is 1.29 bits per heavy atom. The third-order valence-corrected chi connectivity index (χ3v) is 7.03. The highest BCUT2D eigenvalue weighted by molar-refractivity contribution is 7.97. The summed E-state index contributed by atoms with van der Waals surface area (Å²) in [4.78, 5) is 21.6. The van der Waals surface area contributed by atoms with Crippen molar-refractivity contribution in [3.8, 4) is 0 Å². The number of carbonyl (C=O) groups is 1. The first-order valence-electron chi connectivity index (χ1n) is 11.8. The molecule has 2 aromatic rings. The second kappa shape index (κ2) is 11.4. The van der Waals surface area contributed by atoms with E-state index in [0.29, 0.717) is 28.6 Å². The lowest BCUT2D eigenvalue weighted by Gasteiger charge is -2.17. The topological polar surface area (TPSA) is 88.2 Å². The van der Waals surface area contributed by atoms with Gasteiger partial charge in [0.25, 0.3) is 5.91 Å². The maximum absolute atomic E-state index is 12.6. The average molecular weight is 502 g/mol. The van der Waals surface area contributed by atoms with Gasteiger partial charge in [-0.3, -0.25) is 9.52 Å². The molecule has 2 aliphatic heterocycles. The van der Waals surface area contributed by atoms with Gasteiger partial charge < -0.3 is 15.4 Å². The van der Waals surface area contributed by atoms with Crippen LogP contribution in [0, 0.1) is 5.92 Å². The molecule has 34 heavy (non-hydrogen) atoms. The van der Waals surface area contributed by atoms with Crippen LogP contribution in [0.2, 0.25) is 5.15 Å². The van der Waals surface area contributed by atoms with Crippen molar-refractivity contribution < 1.29 is 9.53 Å². The van der Waals surface area contributed by atoms with E-state index in [-0.39, 0.29) is 16.6 Å². The van der Waals surface area contributed by atoms with Crippen LogP contribution in [0.25, 0.3) is 5.76 Å². The molecule has 1 atom stereocenters. The molecule has 4 rings (SSSR count). The SMILES string of the molecule is CC1(C)CC(CCCNc2cccc(SNC(=O)c3ccc(C4=CCCCO4)nc3Cl)n2)CN1. The Morgan fingerprint density at radius 3 is 2.91 bits per heavy atom. The molecule has 182 valence electrons. The minimum Gasteiger partial charge on any atom is -0.492 e. The molecule has 1 fully saturated rings. The number of allylic oxidation sites excluding steroid dienone is 1. The van der Waals surface area contributed by atoms with Gasteiger partial charge in [-0.2, -0.15) is 0 Å². The summed E-state index contributed by atoms with van der Waals surface area (Å²) < 4.78 is 8.43. The van der Waals surface area contributed by atoms with Crippen LogP contribution < -0.4 is 15.4 Å². The van der Waals surface area contributed by atoms with Crippen LogP contribution in [0.4, 0.5) is 5.82 Å². The Bertz CT molecular complexity index is 1050. The molecular formula is C25H32ClN5O2S. The Balaban J connectivity index is 1.24. The predicted octanol–water partition coefficient (Wildman–Crippen LogP) is 5.30. The molecule has 1 saturated heterocycles. The van der Waals surface area contributed by atoms with Crippen molar-refractivity contribution in [2.75, 3.05) is 25.0 Å². The van der Waals surface area contributed by atoms with E-state index < -0.39 is 0 Å². The lowest BCUT2D eigenvalue weighted by Crippen LogP contribution is -2.31. The second-order valence-electron chi connectivity index (χ2n) is 9.39. The largest absolute Gasteiger partial charge is 0.492 e. The van der Waals surface area contributed by atoms with Crippen molar-refractivity contribution in [2.45, 2.75) is 56.5 Å². The summed E-state index contributed by atoms with van der Waals surface area (Å²) >= 11 is 7.45. The maximum atomic E-state index is 12.6. The van der Waals surface area contributed by atoms with Crippen LogP contribution >= 0.6 is 23.5 Å². The number of hydrogen-bond donors (Lipinski definition) is 3. The fourth-order valence-corrected chi connectivity index (χ4v) is 5.14. The molecular weight excluding hydrogens is 470 g/mol. The Morgan fingerprint density at radius 2 is 2.18 bits per heavy atom. The van der Waals surface area contributed by atoms with Gasteiger partial charge in [-0.1, -0.05) is 17.7 Å². The van der Waals surface area contributed by atoms with Gasteiger partial charge in [-0.15, -0.1) is 0 Å². The molecule has 0 saturated carbocycles. The Kier molecular flexibility index (Phi) is 8.34. The molecule has 0 aromatic carbocycles. The van der Waals surface area contributed by atoms with Gasteiger partial charge in [0.15, 0.2) is 0 Å². The molecule has 3 N–H and O–H groups in total. The zero-order valence-corrected chi connectivity index (χ0v) is 21.3. The summed E-state index contributed by atoms with van der Waals surface area (Å²) in [5.74, 6) is 1.94. The highest BCUT2D eigenvalue weighted by Crippen LogP contribution is 2.27. The standard InChI is InChI=1S/C25H32ClN5O2S/c1-25(2)15-17(16-28-25)7-6-13-27-21-9-5-10-22(30-21)34-31-24(32)18-11-12-19(29-23(18)26)20-8-3-4-14-33-20/h5,8-12,17,28H,3-4,6-7,13-16H2,1-2H3,(H,27,30)(H,31,32). The first-order chi connectivity index (χ1) is 16.4. The van der Waals surface area contributed by atoms with Crippen molar-refractivity contribution in [3.05, 3.63) is 52.8 Å². The summed E-state index contributed by atoms with van der Waals surface area (Å²) in [6.45, 7) is 7.17. The van der Waals surface area contributed by atoms with Crippen molar-refractivity contribution in [2.24, 2.45) is 5.92 Å². The minimum absolute atomic E-state index is 0.148. The molecule has 9 heteroatoms. The van der Waals surface area contributed by atoms with E-state index >= 15 is 0 Å². The monoisotopic (exact) mass is 501 g/mol. The number of aromatic nitrogens is 2. The van der Waals surface area contributed by atoms with Gasteiger partial charge in [0, 0.05) is 24.0 Å². The number of rotatable bonds is 9. The van der Waals surface area contributed by atoms with E-state index in [2.05, 4.69) is 39.2 Å². The first-order valence-corrected chi connectivity index (χ1v) is 13.0. The number of nitrogens with zero attached hydrogens (tertiary/aromatic N) is 2. The van der Waals surface area contributed by atoms with Crippen LogP contribution in [-0.2, 0) is 4.74 Å². The summed E-state index contributed by atoms with van der Waals surface area (Å²) in [5.41, 5.74) is 1.22. The van der Waals surface area contributed by atoms with Crippen LogP contribution in [0.15, 0.2) is 41.4 Å². The molecule has 4 heterocycles. The van der Waals surface area contributed by atoms with E-state index in [1.807, 2.05) is 24.3 Å². The zero-order valence-electron chi connectivity index (χ0n) is 19.7. The highest BCUT2D eigenvalue weighted by Gasteiger charge is 2.29. The third kappa shape index (κ3) is 6.87. The number of carbonyl (C=O) groups excluding carboxylic acids is 1. The molecule has 7 nitrogen and oxygen atoms in total. The van der Waals surface area contributed by atoms with Crippen molar-refractivity contribution in [1.82, 2.24) is 20.0 Å². The van der Waals surface area contributed by atoms with Gasteiger partial charge >= 0.3 is 0 Å². The number of amides is 1. The molecule has 2 aliphatic rings. The number of halogens is 1. The van der Waals surface area contributed by atoms with Crippen LogP contribution in [0.3, 0.4) is 0 Å². The Labute approximate surface area is 210 Å². The third-order valence-electron chi connectivity index (χ3n) is 6.02. The van der Waals surface area contributed by atoms with Crippen LogP contribution in [0.1, 0.15) is 62.0 Å². The second-order valence-corrected chi connectivity index (χ2v) is 10.6. The number of hydrogen-bond acceptors (Lipinski definition) is 7. The minimum atomic E-state index is -0.319. The Hall–Kier alpha value is -2.29. The molecule has 0 radical (unpaired) electrons. The van der Waals surface area contributed by atoms with Crippen molar-refractivity contribution >= 4 is 41.0 Å². The summed E-state index contributed by atoms with van der Waals surface area (Å²) in [5, 5.41) is 7.81.